The highest BCUT2D eigenvalue weighted by Gasteiger charge is 2.50. The van der Waals surface area contributed by atoms with E-state index < -0.39 is 5.41 Å². The summed E-state index contributed by atoms with van der Waals surface area (Å²) >= 11 is 3.40. The van der Waals surface area contributed by atoms with Gasteiger partial charge in [0.1, 0.15) is 0 Å². The predicted octanol–water partition coefficient (Wildman–Crippen LogP) is 2.22. The first-order valence-corrected chi connectivity index (χ1v) is 6.97. The Morgan fingerprint density at radius 3 is 2.50 bits per heavy atom. The molecule has 0 atom stereocenters. The molecule has 0 heterocycles. The molecule has 0 aromatic heterocycles. The second-order valence-electron chi connectivity index (χ2n) is 5.04. The van der Waals surface area contributed by atoms with E-state index in [1.54, 1.807) is 4.90 Å². The average molecular weight is 312 g/mol. The summed E-state index contributed by atoms with van der Waals surface area (Å²) in [6.07, 6.45) is 2.49. The number of likely N-dealkylation sites (N-methyl/N-ethyl adjacent to an activating group) is 1. The van der Waals surface area contributed by atoms with Crippen LogP contribution in [-0.2, 0) is 11.2 Å². The van der Waals surface area contributed by atoms with Crippen LogP contribution >= 0.6 is 15.9 Å². The second-order valence-corrected chi connectivity index (χ2v) is 5.96. The number of nitrogens with zero attached hydrogens (tertiary/aromatic N) is 1. The van der Waals surface area contributed by atoms with Crippen LogP contribution in [0, 0.1) is 5.41 Å². The van der Waals surface area contributed by atoms with Gasteiger partial charge in [-0.1, -0.05) is 28.1 Å². The van der Waals surface area contributed by atoms with E-state index in [-0.39, 0.29) is 12.5 Å². The first-order chi connectivity index (χ1) is 8.57. The third kappa shape index (κ3) is 2.93. The first-order valence-electron chi connectivity index (χ1n) is 6.18. The zero-order valence-electron chi connectivity index (χ0n) is 10.5. The number of carbonyl (C=O) groups excluding carboxylic acids is 1. The van der Waals surface area contributed by atoms with Crippen LogP contribution in [0.15, 0.2) is 28.7 Å². The highest BCUT2D eigenvalue weighted by atomic mass is 79.9. The minimum absolute atomic E-state index is 0.0194. The molecule has 0 saturated heterocycles. The lowest BCUT2D eigenvalue weighted by molar-refractivity contribution is -0.137. The van der Waals surface area contributed by atoms with Crippen LogP contribution in [0.1, 0.15) is 18.4 Å². The third-order valence-electron chi connectivity index (χ3n) is 3.61. The molecule has 1 aromatic carbocycles. The smallest absolute Gasteiger partial charge is 0.230 e. The number of aliphatic hydroxyl groups excluding tert-OH is 1. The summed E-state index contributed by atoms with van der Waals surface area (Å²) in [5, 5.41) is 9.24. The van der Waals surface area contributed by atoms with E-state index in [1.807, 2.05) is 19.2 Å². The van der Waals surface area contributed by atoms with E-state index >= 15 is 0 Å². The van der Waals surface area contributed by atoms with Crippen LogP contribution in [-0.4, -0.2) is 36.1 Å². The van der Waals surface area contributed by atoms with Crippen molar-refractivity contribution in [2.24, 2.45) is 5.41 Å². The lowest BCUT2D eigenvalue weighted by Gasteiger charge is -2.22. The van der Waals surface area contributed by atoms with E-state index in [0.29, 0.717) is 6.54 Å². The predicted molar refractivity (Wildman–Crippen MR) is 74.2 cm³/mol. The van der Waals surface area contributed by atoms with Crippen LogP contribution in [0.25, 0.3) is 0 Å². The Balaban J connectivity index is 1.86. The van der Waals surface area contributed by atoms with Gasteiger partial charge in [0.05, 0.1) is 12.0 Å². The number of aliphatic hydroxyl groups is 1. The van der Waals surface area contributed by atoms with Gasteiger partial charge in [-0.2, -0.15) is 0 Å². The van der Waals surface area contributed by atoms with Crippen molar-refractivity contribution in [1.82, 2.24) is 4.90 Å². The molecule has 0 aliphatic heterocycles. The van der Waals surface area contributed by atoms with Gasteiger partial charge in [0.2, 0.25) is 5.91 Å². The number of halogens is 1. The highest BCUT2D eigenvalue weighted by molar-refractivity contribution is 9.10. The summed E-state index contributed by atoms with van der Waals surface area (Å²) in [5.41, 5.74) is 0.765. The molecule has 1 aromatic rings. The van der Waals surface area contributed by atoms with Crippen molar-refractivity contribution in [3.05, 3.63) is 34.3 Å². The van der Waals surface area contributed by atoms with Crippen molar-refractivity contribution in [2.75, 3.05) is 20.2 Å². The van der Waals surface area contributed by atoms with E-state index in [4.69, 9.17) is 0 Å². The van der Waals surface area contributed by atoms with Crippen molar-refractivity contribution in [1.29, 1.82) is 0 Å². The van der Waals surface area contributed by atoms with Crippen molar-refractivity contribution in [3.8, 4) is 0 Å². The Morgan fingerprint density at radius 2 is 2.00 bits per heavy atom. The Labute approximate surface area is 116 Å². The molecule has 1 saturated carbocycles. The van der Waals surface area contributed by atoms with Crippen molar-refractivity contribution >= 4 is 21.8 Å². The molecular formula is C14H18BrNO2. The maximum atomic E-state index is 12.1. The molecule has 98 valence electrons. The number of carbonyl (C=O) groups is 1. The van der Waals surface area contributed by atoms with Crippen LogP contribution in [0.4, 0.5) is 0 Å². The summed E-state index contributed by atoms with van der Waals surface area (Å²) in [5.74, 6) is 0.0853. The molecule has 1 amide bonds. The second kappa shape index (κ2) is 5.41. The molecule has 4 heteroatoms. The maximum Gasteiger partial charge on any atom is 0.230 e. The summed E-state index contributed by atoms with van der Waals surface area (Å²) in [4.78, 5) is 13.8. The van der Waals surface area contributed by atoms with E-state index in [0.717, 1.165) is 23.7 Å². The molecule has 3 nitrogen and oxygen atoms in total. The van der Waals surface area contributed by atoms with Gasteiger partial charge in [0.15, 0.2) is 0 Å². The highest BCUT2D eigenvalue weighted by Crippen LogP contribution is 2.46. The lowest BCUT2D eigenvalue weighted by atomic mass is 10.1. The van der Waals surface area contributed by atoms with Crippen molar-refractivity contribution in [2.45, 2.75) is 19.3 Å². The topological polar surface area (TPSA) is 40.5 Å². The summed E-state index contributed by atoms with van der Waals surface area (Å²) in [6.45, 7) is 0.677. The molecule has 1 aliphatic rings. The van der Waals surface area contributed by atoms with E-state index in [9.17, 15) is 9.90 Å². The van der Waals surface area contributed by atoms with Crippen LogP contribution in [0.2, 0.25) is 0 Å². The van der Waals surface area contributed by atoms with Crippen LogP contribution in [0.5, 0.6) is 0 Å². The van der Waals surface area contributed by atoms with Gasteiger partial charge in [0.25, 0.3) is 0 Å². The Bertz CT molecular complexity index is 426. The van der Waals surface area contributed by atoms with Gasteiger partial charge in [-0.25, -0.2) is 0 Å². The summed E-state index contributed by atoms with van der Waals surface area (Å²) in [6, 6.07) is 8.13. The third-order valence-corrected chi connectivity index (χ3v) is 4.13. The van der Waals surface area contributed by atoms with Crippen molar-refractivity contribution < 1.29 is 9.90 Å². The standard InChI is InChI=1S/C14H18BrNO2/c1-16(13(18)14(10-17)7-8-14)9-6-11-2-4-12(15)5-3-11/h2-5,17H,6-10H2,1H3. The summed E-state index contributed by atoms with van der Waals surface area (Å²) < 4.78 is 1.06. The Kier molecular flexibility index (Phi) is 4.07. The number of hydrogen-bond donors (Lipinski definition) is 1. The molecule has 18 heavy (non-hydrogen) atoms. The summed E-state index contributed by atoms with van der Waals surface area (Å²) in [7, 11) is 1.82. The molecule has 0 bridgehead atoms. The van der Waals surface area contributed by atoms with E-state index in [1.165, 1.54) is 5.56 Å². The van der Waals surface area contributed by atoms with Gasteiger partial charge in [0, 0.05) is 18.1 Å². The largest absolute Gasteiger partial charge is 0.395 e. The molecule has 1 fully saturated rings. The fourth-order valence-corrected chi connectivity index (χ4v) is 2.31. The van der Waals surface area contributed by atoms with Crippen molar-refractivity contribution in [3.63, 3.8) is 0 Å². The molecule has 1 aliphatic carbocycles. The zero-order valence-corrected chi connectivity index (χ0v) is 12.1. The molecule has 1 N–H and O–H groups in total. The minimum atomic E-state index is -0.450. The minimum Gasteiger partial charge on any atom is -0.395 e. The van der Waals surface area contributed by atoms with Crippen LogP contribution in [0.3, 0.4) is 0 Å². The molecule has 2 rings (SSSR count). The maximum absolute atomic E-state index is 12.1. The fraction of sp³-hybridized carbons (Fsp3) is 0.500. The number of amides is 1. The molecular weight excluding hydrogens is 294 g/mol. The zero-order chi connectivity index (χ0) is 13.2. The molecule has 0 unspecified atom stereocenters. The van der Waals surface area contributed by atoms with Gasteiger partial charge in [-0.15, -0.1) is 0 Å². The van der Waals surface area contributed by atoms with Gasteiger partial charge < -0.3 is 10.0 Å². The Morgan fingerprint density at radius 1 is 1.39 bits per heavy atom. The average Bonchev–Trinajstić information content (AvgIpc) is 3.18. The molecule has 0 radical (unpaired) electrons. The van der Waals surface area contributed by atoms with E-state index in [2.05, 4.69) is 28.1 Å². The van der Waals surface area contributed by atoms with Crippen LogP contribution < -0.4 is 0 Å². The lowest BCUT2D eigenvalue weighted by Crippen LogP contribution is -2.37. The van der Waals surface area contributed by atoms with Gasteiger partial charge in [-0.3, -0.25) is 4.79 Å². The monoisotopic (exact) mass is 311 g/mol. The first kappa shape index (κ1) is 13.6. The van der Waals surface area contributed by atoms with Gasteiger partial charge in [-0.05, 0) is 37.0 Å². The number of benzene rings is 1. The SMILES string of the molecule is CN(CCc1ccc(Br)cc1)C(=O)C1(CO)CC1. The van der Waals surface area contributed by atoms with Gasteiger partial charge >= 0.3 is 0 Å². The number of rotatable bonds is 5. The fourth-order valence-electron chi connectivity index (χ4n) is 2.04. The Hall–Kier alpha value is -0.870. The number of hydrogen-bond acceptors (Lipinski definition) is 2. The quantitative estimate of drug-likeness (QED) is 0.906. The molecule has 0 spiro atoms. The normalized spacial score (nSPS) is 16.4.